The summed E-state index contributed by atoms with van der Waals surface area (Å²) in [5.74, 6) is -0.0608. The molecule has 0 saturated carbocycles. The Bertz CT molecular complexity index is 1120. The Morgan fingerprint density at radius 3 is 2.58 bits per heavy atom. The average molecular weight is 421 g/mol. The van der Waals surface area contributed by atoms with E-state index < -0.39 is 24.1 Å². The monoisotopic (exact) mass is 421 g/mol. The van der Waals surface area contributed by atoms with E-state index in [2.05, 4.69) is 36.9 Å². The molecule has 3 aliphatic heterocycles. The molecule has 2 aromatic carbocycles. The number of benzene rings is 2. The fourth-order valence-electron chi connectivity index (χ4n) is 4.52. The summed E-state index contributed by atoms with van der Waals surface area (Å²) in [6, 6.07) is 11.4. The molecular weight excluding hydrogens is 397 g/mol. The number of likely N-dealkylation sites (N-methyl/N-ethyl adjacent to an activating group) is 1. The van der Waals surface area contributed by atoms with Crippen molar-refractivity contribution < 1.29 is 14.0 Å². The van der Waals surface area contributed by atoms with Gasteiger partial charge in [-0.05, 0) is 43.2 Å². The van der Waals surface area contributed by atoms with Crippen molar-refractivity contribution in [1.82, 2.24) is 14.7 Å². The number of fused-ring (bicyclic) bond motifs is 3. The summed E-state index contributed by atoms with van der Waals surface area (Å²) in [6.45, 7) is 5.39. The number of rotatable bonds is 3. The van der Waals surface area contributed by atoms with Gasteiger partial charge >= 0.3 is 6.03 Å². The lowest BCUT2D eigenvalue weighted by atomic mass is 10.1. The topological polar surface area (TPSA) is 59.5 Å². The van der Waals surface area contributed by atoms with Crippen LogP contribution in [0.15, 0.2) is 47.5 Å². The van der Waals surface area contributed by atoms with E-state index in [1.807, 2.05) is 4.90 Å². The van der Waals surface area contributed by atoms with E-state index in [1.54, 1.807) is 25.2 Å². The van der Waals surface area contributed by atoms with Crippen molar-refractivity contribution in [3.63, 3.8) is 0 Å². The van der Waals surface area contributed by atoms with Crippen molar-refractivity contribution in [2.75, 3.05) is 25.0 Å². The Morgan fingerprint density at radius 2 is 1.84 bits per heavy atom. The van der Waals surface area contributed by atoms with Gasteiger partial charge in [-0.1, -0.05) is 24.3 Å². The molecule has 5 rings (SSSR count). The Balaban J connectivity index is 1.45. The van der Waals surface area contributed by atoms with Gasteiger partial charge in [-0.15, -0.1) is 0 Å². The van der Waals surface area contributed by atoms with Gasteiger partial charge in [0.1, 0.15) is 5.82 Å². The van der Waals surface area contributed by atoms with Gasteiger partial charge in [0.25, 0.3) is 5.91 Å². The van der Waals surface area contributed by atoms with Crippen LogP contribution in [-0.4, -0.2) is 64.9 Å². The predicted octanol–water partition coefficient (Wildman–Crippen LogP) is 2.72. The molecule has 0 N–H and O–H groups in total. The largest absolute Gasteiger partial charge is 0.328 e. The van der Waals surface area contributed by atoms with Gasteiger partial charge in [0.05, 0.1) is 6.54 Å². The standard InChI is InChI=1S/C23H24FN5O2/c1-14-8-9-17(12-15(14)2)27-10-11-28-19-20(25-22(27)28)26(3)23(31)29(21(19)30)13-16-6-4-5-7-18(16)24/h4-9,12,19-20H,10-11,13H2,1-3H3. The molecule has 3 aliphatic rings. The van der Waals surface area contributed by atoms with Crippen LogP contribution < -0.4 is 4.90 Å². The minimum atomic E-state index is -0.596. The molecule has 0 aromatic heterocycles. The van der Waals surface area contributed by atoms with Crippen molar-refractivity contribution in [2.45, 2.75) is 32.6 Å². The molecule has 2 aromatic rings. The van der Waals surface area contributed by atoms with Gasteiger partial charge in [-0.25, -0.2) is 14.2 Å². The van der Waals surface area contributed by atoms with Crippen LogP contribution in [-0.2, 0) is 11.3 Å². The Labute approximate surface area is 180 Å². The SMILES string of the molecule is Cc1ccc(N2CCN3C2=NC2C3C(=O)N(Cc3ccccc3F)C(=O)N2C)cc1C. The summed E-state index contributed by atoms with van der Waals surface area (Å²) >= 11 is 0. The fraction of sp³-hybridized carbons (Fsp3) is 0.348. The Kier molecular flexibility index (Phi) is 4.46. The number of aliphatic imine (C=N–C) groups is 1. The number of carbonyl (C=O) groups excluding carboxylic acids is 2. The van der Waals surface area contributed by atoms with E-state index >= 15 is 0 Å². The third kappa shape index (κ3) is 2.97. The van der Waals surface area contributed by atoms with Crippen molar-refractivity contribution in [1.29, 1.82) is 0 Å². The molecule has 31 heavy (non-hydrogen) atoms. The summed E-state index contributed by atoms with van der Waals surface area (Å²) in [7, 11) is 1.65. The molecule has 0 spiro atoms. The van der Waals surface area contributed by atoms with Crippen molar-refractivity contribution in [2.24, 2.45) is 4.99 Å². The quantitative estimate of drug-likeness (QED) is 0.765. The van der Waals surface area contributed by atoms with E-state index in [0.29, 0.717) is 24.6 Å². The van der Waals surface area contributed by atoms with Gasteiger partial charge in [-0.3, -0.25) is 9.69 Å². The number of guanidine groups is 1. The van der Waals surface area contributed by atoms with Crippen LogP contribution in [0.2, 0.25) is 0 Å². The van der Waals surface area contributed by atoms with Gasteiger partial charge in [-0.2, -0.15) is 0 Å². The molecule has 0 bridgehead atoms. The molecule has 2 unspecified atom stereocenters. The van der Waals surface area contributed by atoms with Crippen LogP contribution in [0.25, 0.3) is 0 Å². The number of hydrogen-bond acceptors (Lipinski definition) is 5. The summed E-state index contributed by atoms with van der Waals surface area (Å²) in [5, 5.41) is 0. The average Bonchev–Trinajstić information content (AvgIpc) is 3.32. The predicted molar refractivity (Wildman–Crippen MR) is 115 cm³/mol. The lowest BCUT2D eigenvalue weighted by Crippen LogP contribution is -2.64. The smallest absolute Gasteiger partial charge is 0.325 e. The number of nitrogens with zero attached hydrogens (tertiary/aromatic N) is 5. The molecule has 3 amide bonds. The molecule has 3 heterocycles. The first-order valence-electron chi connectivity index (χ1n) is 10.4. The van der Waals surface area contributed by atoms with E-state index in [0.717, 1.165) is 10.6 Å². The zero-order valence-corrected chi connectivity index (χ0v) is 17.7. The minimum absolute atomic E-state index is 0.0953. The maximum absolute atomic E-state index is 14.2. The molecular formula is C23H24FN5O2. The van der Waals surface area contributed by atoms with Gasteiger partial charge in [0.2, 0.25) is 5.96 Å². The van der Waals surface area contributed by atoms with Crippen LogP contribution in [0.3, 0.4) is 0 Å². The second-order valence-electron chi connectivity index (χ2n) is 8.31. The number of halogens is 1. The maximum atomic E-state index is 14.2. The highest BCUT2D eigenvalue weighted by Gasteiger charge is 2.54. The summed E-state index contributed by atoms with van der Waals surface area (Å²) in [6.07, 6.45) is -0.582. The van der Waals surface area contributed by atoms with E-state index in [1.165, 1.54) is 22.1 Å². The van der Waals surface area contributed by atoms with E-state index in [-0.39, 0.29) is 12.5 Å². The van der Waals surface area contributed by atoms with Gasteiger partial charge < -0.3 is 14.7 Å². The number of aryl methyl sites for hydroxylation is 2. The van der Waals surface area contributed by atoms with Gasteiger partial charge in [0.15, 0.2) is 12.2 Å². The van der Waals surface area contributed by atoms with Gasteiger partial charge in [0, 0.05) is 31.4 Å². The third-order valence-corrected chi connectivity index (χ3v) is 6.47. The molecule has 0 aliphatic carbocycles. The van der Waals surface area contributed by atoms with Crippen molar-refractivity contribution in [3.8, 4) is 0 Å². The highest BCUT2D eigenvalue weighted by atomic mass is 19.1. The first kappa shape index (κ1) is 19.5. The zero-order valence-electron chi connectivity index (χ0n) is 17.7. The molecule has 2 saturated heterocycles. The number of imide groups is 1. The lowest BCUT2D eigenvalue weighted by Gasteiger charge is -2.40. The molecule has 2 atom stereocenters. The maximum Gasteiger partial charge on any atom is 0.328 e. The highest BCUT2D eigenvalue weighted by Crippen LogP contribution is 2.34. The number of amides is 3. The van der Waals surface area contributed by atoms with Crippen LogP contribution in [0.5, 0.6) is 0 Å². The van der Waals surface area contributed by atoms with Crippen LogP contribution in [0, 0.1) is 19.7 Å². The molecule has 160 valence electrons. The highest BCUT2D eigenvalue weighted by molar-refractivity contribution is 6.08. The summed E-state index contributed by atoms with van der Waals surface area (Å²) in [4.78, 5) is 37.8. The molecule has 2 fully saturated rings. The molecule has 7 nitrogen and oxygen atoms in total. The van der Waals surface area contributed by atoms with Crippen LogP contribution >= 0.6 is 0 Å². The number of anilines is 1. The summed E-state index contributed by atoms with van der Waals surface area (Å²) < 4.78 is 14.2. The number of carbonyl (C=O) groups is 2. The Hall–Kier alpha value is -3.42. The number of urea groups is 1. The normalized spacial score (nSPS) is 22.8. The second-order valence-corrected chi connectivity index (χ2v) is 8.31. The lowest BCUT2D eigenvalue weighted by molar-refractivity contribution is -0.137. The van der Waals surface area contributed by atoms with Crippen LogP contribution in [0.4, 0.5) is 14.9 Å². The molecule has 8 heteroatoms. The minimum Gasteiger partial charge on any atom is -0.325 e. The van der Waals surface area contributed by atoms with E-state index in [9.17, 15) is 14.0 Å². The van der Waals surface area contributed by atoms with Crippen molar-refractivity contribution >= 4 is 23.6 Å². The summed E-state index contributed by atoms with van der Waals surface area (Å²) in [5.41, 5.74) is 3.73. The second kappa shape index (κ2) is 7.08. The van der Waals surface area contributed by atoms with Crippen molar-refractivity contribution in [3.05, 3.63) is 65.0 Å². The number of hydrogen-bond donors (Lipinski definition) is 0. The zero-order chi connectivity index (χ0) is 21.9. The van der Waals surface area contributed by atoms with E-state index in [4.69, 9.17) is 4.99 Å². The first-order chi connectivity index (χ1) is 14.9. The first-order valence-corrected chi connectivity index (χ1v) is 10.4. The Morgan fingerprint density at radius 1 is 1.06 bits per heavy atom. The molecule has 0 radical (unpaired) electrons. The third-order valence-electron chi connectivity index (χ3n) is 6.47. The fourth-order valence-corrected chi connectivity index (χ4v) is 4.52. The van der Waals surface area contributed by atoms with Crippen LogP contribution in [0.1, 0.15) is 16.7 Å².